The Kier molecular flexibility index (Phi) is 9.20. The molecule has 1 amide bonds. The molecule has 11 heteroatoms. The highest BCUT2D eigenvalue weighted by molar-refractivity contribution is 7.99. The molecule has 35 heavy (non-hydrogen) atoms. The smallest absolute Gasteiger partial charge is 0.371 e. The van der Waals surface area contributed by atoms with Gasteiger partial charge >= 0.3 is 6.18 Å². The van der Waals surface area contributed by atoms with Crippen molar-refractivity contribution in [1.29, 1.82) is 0 Å². The van der Waals surface area contributed by atoms with Crippen LogP contribution in [0.4, 0.5) is 35.9 Å². The second kappa shape index (κ2) is 11.7. The van der Waals surface area contributed by atoms with Gasteiger partial charge < -0.3 is 26.6 Å². The molecular formula is C24H31ClF3N5OS. The number of carbonyl (C=O) groups is 1. The number of carbonyl (C=O) groups excluding carboxylic acids is 1. The molecule has 1 unspecified atom stereocenters. The zero-order valence-corrected chi connectivity index (χ0v) is 21.1. The first kappa shape index (κ1) is 27.4. The molecule has 2 aliphatic rings. The fraction of sp³-hybridized carbons (Fsp3) is 0.458. The molecule has 1 fully saturated rings. The average molecular weight is 530 g/mol. The van der Waals surface area contributed by atoms with Gasteiger partial charge in [0.15, 0.2) is 0 Å². The molecule has 2 aromatic rings. The SMILES string of the molecule is CC1CCCN(c2ccc3c(c2)Sc2cc(C(F)(F)F)cc(NC(=O)CCNCCN)c2N3)C1.Cl. The fourth-order valence-corrected chi connectivity index (χ4v) is 5.40. The summed E-state index contributed by atoms with van der Waals surface area (Å²) in [4.78, 5) is 16.0. The van der Waals surface area contributed by atoms with Crippen LogP contribution in [0.5, 0.6) is 0 Å². The van der Waals surface area contributed by atoms with Gasteiger partial charge in [0, 0.05) is 54.6 Å². The van der Waals surface area contributed by atoms with E-state index in [1.165, 1.54) is 18.2 Å². The number of alkyl halides is 3. The molecule has 2 aliphatic heterocycles. The van der Waals surface area contributed by atoms with Crippen LogP contribution in [-0.2, 0) is 11.0 Å². The summed E-state index contributed by atoms with van der Waals surface area (Å²) in [7, 11) is 0. The molecule has 0 spiro atoms. The second-order valence-electron chi connectivity index (χ2n) is 8.83. The standard InChI is InChI=1S/C24H30F3N5OS.ClH/c1-15-3-2-10-32(14-15)17-4-5-18-20(13-17)34-21-12-16(24(25,26)27)11-19(23(21)31-18)30-22(33)6-8-29-9-7-28;/h4-5,11-13,15,29,31H,2-3,6-10,14,28H2,1H3,(H,30,33);1H. The normalized spacial score (nSPS) is 17.1. The Morgan fingerprint density at radius 1 is 1.23 bits per heavy atom. The van der Waals surface area contributed by atoms with Crippen molar-refractivity contribution in [3.63, 3.8) is 0 Å². The third-order valence-corrected chi connectivity index (χ3v) is 7.12. The minimum absolute atomic E-state index is 0. The van der Waals surface area contributed by atoms with E-state index in [-0.39, 0.29) is 30.4 Å². The van der Waals surface area contributed by atoms with E-state index in [9.17, 15) is 18.0 Å². The molecule has 6 nitrogen and oxygen atoms in total. The summed E-state index contributed by atoms with van der Waals surface area (Å²) in [5.74, 6) is 0.250. The number of nitrogens with zero attached hydrogens (tertiary/aromatic N) is 1. The number of hydrogen-bond acceptors (Lipinski definition) is 6. The van der Waals surface area contributed by atoms with Gasteiger partial charge in [0.2, 0.25) is 5.91 Å². The van der Waals surface area contributed by atoms with Gasteiger partial charge in [-0.25, -0.2) is 0 Å². The number of nitrogens with two attached hydrogens (primary N) is 1. The Hall–Kier alpha value is -2.14. The molecule has 0 aromatic heterocycles. The molecule has 0 saturated carbocycles. The third-order valence-electron chi connectivity index (χ3n) is 6.02. The second-order valence-corrected chi connectivity index (χ2v) is 9.92. The van der Waals surface area contributed by atoms with E-state index in [2.05, 4.69) is 27.8 Å². The number of fused-ring (bicyclic) bond motifs is 2. The van der Waals surface area contributed by atoms with Crippen LogP contribution in [0.3, 0.4) is 0 Å². The maximum absolute atomic E-state index is 13.6. The molecule has 1 saturated heterocycles. The number of halogens is 4. The van der Waals surface area contributed by atoms with Gasteiger partial charge in [-0.05, 0) is 49.1 Å². The number of anilines is 4. The van der Waals surface area contributed by atoms with Gasteiger partial charge in [-0.3, -0.25) is 4.79 Å². The van der Waals surface area contributed by atoms with Crippen molar-refractivity contribution in [1.82, 2.24) is 5.32 Å². The lowest BCUT2D eigenvalue weighted by Crippen LogP contribution is -2.34. The van der Waals surface area contributed by atoms with Crippen molar-refractivity contribution in [2.24, 2.45) is 11.7 Å². The molecule has 2 heterocycles. The summed E-state index contributed by atoms with van der Waals surface area (Å²) in [6, 6.07) is 8.17. The molecule has 192 valence electrons. The van der Waals surface area contributed by atoms with E-state index in [1.54, 1.807) is 0 Å². The Morgan fingerprint density at radius 2 is 2.03 bits per heavy atom. The van der Waals surface area contributed by atoms with Crippen LogP contribution in [0.1, 0.15) is 31.7 Å². The van der Waals surface area contributed by atoms with Gasteiger partial charge in [0.25, 0.3) is 0 Å². The van der Waals surface area contributed by atoms with Crippen LogP contribution in [-0.4, -0.2) is 38.6 Å². The predicted octanol–water partition coefficient (Wildman–Crippen LogP) is 5.45. The number of nitrogens with one attached hydrogen (secondary N) is 3. The van der Waals surface area contributed by atoms with Gasteiger partial charge in [0.05, 0.1) is 22.6 Å². The van der Waals surface area contributed by atoms with Gasteiger partial charge in [-0.1, -0.05) is 18.7 Å². The zero-order chi connectivity index (χ0) is 24.3. The number of rotatable bonds is 7. The number of piperidine rings is 1. The Labute approximate surface area is 214 Å². The minimum Gasteiger partial charge on any atom is -0.371 e. The lowest BCUT2D eigenvalue weighted by Gasteiger charge is -2.34. The number of hydrogen-bond donors (Lipinski definition) is 4. The van der Waals surface area contributed by atoms with Crippen molar-refractivity contribution in [3.8, 4) is 0 Å². The van der Waals surface area contributed by atoms with Crippen molar-refractivity contribution < 1.29 is 18.0 Å². The zero-order valence-electron chi connectivity index (χ0n) is 19.5. The average Bonchev–Trinajstić information content (AvgIpc) is 2.79. The van der Waals surface area contributed by atoms with E-state index in [0.717, 1.165) is 47.9 Å². The van der Waals surface area contributed by atoms with Crippen molar-refractivity contribution in [2.75, 3.05) is 48.3 Å². The fourth-order valence-electron chi connectivity index (χ4n) is 4.30. The first-order valence-electron chi connectivity index (χ1n) is 11.5. The molecule has 2 aromatic carbocycles. The highest BCUT2D eigenvalue weighted by Gasteiger charge is 2.34. The Bertz CT molecular complexity index is 1050. The van der Waals surface area contributed by atoms with E-state index in [0.29, 0.717) is 36.1 Å². The van der Waals surface area contributed by atoms with Crippen molar-refractivity contribution in [2.45, 2.75) is 42.2 Å². The van der Waals surface area contributed by atoms with E-state index >= 15 is 0 Å². The Balaban J connectivity index is 0.00000342. The highest BCUT2D eigenvalue weighted by Crippen LogP contribution is 2.50. The highest BCUT2D eigenvalue weighted by atomic mass is 35.5. The van der Waals surface area contributed by atoms with E-state index in [4.69, 9.17) is 5.73 Å². The molecule has 0 radical (unpaired) electrons. The summed E-state index contributed by atoms with van der Waals surface area (Å²) in [6.45, 7) is 5.60. The van der Waals surface area contributed by atoms with Crippen LogP contribution < -0.4 is 26.6 Å². The predicted molar refractivity (Wildman–Crippen MR) is 138 cm³/mol. The van der Waals surface area contributed by atoms with Gasteiger partial charge in [-0.15, -0.1) is 12.4 Å². The topological polar surface area (TPSA) is 82.4 Å². The largest absolute Gasteiger partial charge is 0.416 e. The molecule has 5 N–H and O–H groups in total. The molecule has 0 aliphatic carbocycles. The molecule has 1 atom stereocenters. The maximum Gasteiger partial charge on any atom is 0.416 e. The number of benzene rings is 2. The Morgan fingerprint density at radius 3 is 2.74 bits per heavy atom. The van der Waals surface area contributed by atoms with Crippen molar-refractivity contribution >= 4 is 52.8 Å². The summed E-state index contributed by atoms with van der Waals surface area (Å²) in [6.07, 6.45) is -2.05. The molecule has 4 rings (SSSR count). The number of amides is 1. The first-order valence-corrected chi connectivity index (χ1v) is 12.4. The molecular weight excluding hydrogens is 499 g/mol. The van der Waals surface area contributed by atoms with Crippen LogP contribution >= 0.6 is 24.2 Å². The lowest BCUT2D eigenvalue weighted by atomic mass is 10.00. The van der Waals surface area contributed by atoms with Crippen molar-refractivity contribution in [3.05, 3.63) is 35.9 Å². The van der Waals surface area contributed by atoms with Crippen LogP contribution in [0.25, 0.3) is 0 Å². The molecule has 0 bridgehead atoms. The van der Waals surface area contributed by atoms with Crippen LogP contribution in [0.2, 0.25) is 0 Å². The minimum atomic E-state index is -4.52. The van der Waals surface area contributed by atoms with E-state index < -0.39 is 11.7 Å². The monoisotopic (exact) mass is 529 g/mol. The van der Waals surface area contributed by atoms with Crippen LogP contribution in [0.15, 0.2) is 40.1 Å². The lowest BCUT2D eigenvalue weighted by molar-refractivity contribution is -0.137. The first-order chi connectivity index (χ1) is 16.2. The summed E-state index contributed by atoms with van der Waals surface area (Å²) in [5.41, 5.74) is 7.12. The third kappa shape index (κ3) is 6.75. The van der Waals surface area contributed by atoms with Crippen LogP contribution in [0, 0.1) is 5.92 Å². The quantitative estimate of drug-likeness (QED) is 0.305. The summed E-state index contributed by atoms with van der Waals surface area (Å²) in [5, 5.41) is 8.93. The maximum atomic E-state index is 13.6. The summed E-state index contributed by atoms with van der Waals surface area (Å²) < 4.78 is 40.9. The van der Waals surface area contributed by atoms with Gasteiger partial charge in [-0.2, -0.15) is 13.2 Å². The summed E-state index contributed by atoms with van der Waals surface area (Å²) >= 11 is 1.29. The van der Waals surface area contributed by atoms with Gasteiger partial charge in [0.1, 0.15) is 0 Å². The van der Waals surface area contributed by atoms with E-state index in [1.807, 2.05) is 18.2 Å².